The molecule has 0 aliphatic carbocycles. The van der Waals surface area contributed by atoms with Gasteiger partial charge in [-0.15, -0.1) is 0 Å². The Morgan fingerprint density at radius 1 is 1.60 bits per heavy atom. The average molecular weight is 156 g/mol. The van der Waals surface area contributed by atoms with Crippen LogP contribution < -0.4 is 0 Å². The fourth-order valence-corrected chi connectivity index (χ4v) is 1.42. The Morgan fingerprint density at radius 2 is 2.30 bits per heavy atom. The van der Waals surface area contributed by atoms with Gasteiger partial charge in [-0.3, -0.25) is 9.30 Å². The lowest BCUT2D eigenvalue weighted by atomic mass is 10.3. The van der Waals surface area contributed by atoms with Crippen LogP contribution >= 0.6 is 11.9 Å². The van der Waals surface area contributed by atoms with Crippen LogP contribution in [0.1, 0.15) is 13.8 Å². The molecule has 0 amide bonds. The summed E-state index contributed by atoms with van der Waals surface area (Å²) >= 11 is 1.71. The largest absolute Gasteiger partial charge is 0.300 e. The van der Waals surface area contributed by atoms with Crippen LogP contribution in [0.25, 0.3) is 0 Å². The topological polar surface area (TPSA) is 15.6 Å². The van der Waals surface area contributed by atoms with Crippen LogP contribution in [0, 0.1) is 0 Å². The van der Waals surface area contributed by atoms with E-state index in [9.17, 15) is 0 Å². The molecular formula is C7H12N2S. The first-order valence-electron chi connectivity index (χ1n) is 3.25. The second-order valence-electron chi connectivity index (χ2n) is 2.29. The van der Waals surface area contributed by atoms with Gasteiger partial charge in [0, 0.05) is 17.7 Å². The van der Waals surface area contributed by atoms with Crippen molar-refractivity contribution in [3.05, 3.63) is 11.8 Å². The predicted octanol–water partition coefficient (Wildman–Crippen LogP) is 1.90. The standard InChI is InChI=1S/C7H12N2S/c1-6-4-7(2)9(10-3)5-8-6/h4H,5H2,1-3H3. The van der Waals surface area contributed by atoms with E-state index in [4.69, 9.17) is 0 Å². The summed E-state index contributed by atoms with van der Waals surface area (Å²) in [5.41, 5.74) is 2.42. The van der Waals surface area contributed by atoms with Gasteiger partial charge in [0.1, 0.15) is 6.67 Å². The van der Waals surface area contributed by atoms with Crippen molar-refractivity contribution < 1.29 is 0 Å². The Morgan fingerprint density at radius 3 is 2.80 bits per heavy atom. The van der Waals surface area contributed by atoms with E-state index in [1.807, 2.05) is 6.92 Å². The molecule has 1 aliphatic rings. The van der Waals surface area contributed by atoms with Crippen molar-refractivity contribution in [3.8, 4) is 0 Å². The Kier molecular flexibility index (Phi) is 2.38. The van der Waals surface area contributed by atoms with E-state index in [1.54, 1.807) is 11.9 Å². The molecule has 1 aliphatic heterocycles. The van der Waals surface area contributed by atoms with Crippen LogP contribution in [0.15, 0.2) is 16.8 Å². The van der Waals surface area contributed by atoms with Crippen LogP contribution in [0.4, 0.5) is 0 Å². The normalized spacial score (nSPS) is 18.5. The lowest BCUT2D eigenvalue weighted by Crippen LogP contribution is -2.18. The number of rotatable bonds is 1. The third kappa shape index (κ3) is 1.53. The van der Waals surface area contributed by atoms with E-state index < -0.39 is 0 Å². The molecule has 0 unspecified atom stereocenters. The molecule has 10 heavy (non-hydrogen) atoms. The third-order valence-electron chi connectivity index (χ3n) is 1.48. The molecule has 2 nitrogen and oxygen atoms in total. The van der Waals surface area contributed by atoms with Crippen molar-refractivity contribution >= 4 is 17.7 Å². The molecule has 0 fully saturated rings. The number of allylic oxidation sites excluding steroid dienone is 2. The molecular weight excluding hydrogens is 144 g/mol. The fourth-order valence-electron chi connectivity index (χ4n) is 0.909. The molecule has 0 aromatic heterocycles. The van der Waals surface area contributed by atoms with Gasteiger partial charge in [-0.1, -0.05) is 11.9 Å². The highest BCUT2D eigenvalue weighted by molar-refractivity contribution is 7.96. The van der Waals surface area contributed by atoms with Crippen molar-refractivity contribution in [3.63, 3.8) is 0 Å². The molecule has 3 heteroatoms. The fraction of sp³-hybridized carbons (Fsp3) is 0.571. The lowest BCUT2D eigenvalue weighted by Gasteiger charge is -2.23. The summed E-state index contributed by atoms with van der Waals surface area (Å²) in [6.45, 7) is 4.94. The molecule has 0 atom stereocenters. The number of aliphatic imine (C=N–C) groups is 1. The van der Waals surface area contributed by atoms with Gasteiger partial charge in [0.2, 0.25) is 0 Å². The van der Waals surface area contributed by atoms with Crippen molar-refractivity contribution in [1.29, 1.82) is 0 Å². The Balaban J connectivity index is 2.68. The Labute approximate surface area is 66.1 Å². The first-order chi connectivity index (χ1) is 4.74. The first kappa shape index (κ1) is 7.66. The van der Waals surface area contributed by atoms with E-state index in [1.165, 1.54) is 5.70 Å². The van der Waals surface area contributed by atoms with Crippen molar-refractivity contribution in [2.45, 2.75) is 13.8 Å². The summed E-state index contributed by atoms with van der Waals surface area (Å²) in [4.78, 5) is 4.28. The zero-order chi connectivity index (χ0) is 7.56. The van der Waals surface area contributed by atoms with Gasteiger partial charge >= 0.3 is 0 Å². The lowest BCUT2D eigenvalue weighted by molar-refractivity contribution is 0.587. The van der Waals surface area contributed by atoms with Crippen molar-refractivity contribution in [2.75, 3.05) is 12.9 Å². The van der Waals surface area contributed by atoms with Crippen LogP contribution in [-0.2, 0) is 0 Å². The van der Waals surface area contributed by atoms with Gasteiger partial charge in [0.05, 0.1) is 0 Å². The van der Waals surface area contributed by atoms with E-state index in [-0.39, 0.29) is 0 Å². The molecule has 1 rings (SSSR count). The molecule has 0 N–H and O–H groups in total. The minimum atomic E-state index is 0.801. The van der Waals surface area contributed by atoms with E-state index >= 15 is 0 Å². The summed E-state index contributed by atoms with van der Waals surface area (Å²) in [7, 11) is 0. The van der Waals surface area contributed by atoms with E-state index in [0.29, 0.717) is 0 Å². The van der Waals surface area contributed by atoms with E-state index in [0.717, 1.165) is 12.4 Å². The van der Waals surface area contributed by atoms with E-state index in [2.05, 4.69) is 28.6 Å². The quantitative estimate of drug-likeness (QED) is 0.539. The molecule has 0 radical (unpaired) electrons. The van der Waals surface area contributed by atoms with Crippen LogP contribution in [0.5, 0.6) is 0 Å². The summed E-state index contributed by atoms with van der Waals surface area (Å²) in [5.74, 6) is 0. The molecule has 0 aromatic carbocycles. The van der Waals surface area contributed by atoms with Crippen molar-refractivity contribution in [1.82, 2.24) is 4.31 Å². The van der Waals surface area contributed by atoms with Gasteiger partial charge in [0.25, 0.3) is 0 Å². The second kappa shape index (κ2) is 3.10. The third-order valence-corrected chi connectivity index (χ3v) is 2.32. The molecule has 0 aromatic rings. The number of nitrogens with zero attached hydrogens (tertiary/aromatic N) is 2. The summed E-state index contributed by atoms with van der Waals surface area (Å²) < 4.78 is 2.16. The smallest absolute Gasteiger partial charge is 0.120 e. The molecule has 0 spiro atoms. The zero-order valence-corrected chi connectivity index (χ0v) is 7.40. The molecule has 1 heterocycles. The first-order valence-corrected chi connectivity index (χ1v) is 4.43. The van der Waals surface area contributed by atoms with Gasteiger partial charge in [-0.05, 0) is 19.9 Å². The van der Waals surface area contributed by atoms with Gasteiger partial charge in [-0.25, -0.2) is 0 Å². The monoisotopic (exact) mass is 156 g/mol. The molecule has 0 bridgehead atoms. The maximum Gasteiger partial charge on any atom is 0.120 e. The van der Waals surface area contributed by atoms with Crippen LogP contribution in [-0.4, -0.2) is 22.9 Å². The average Bonchev–Trinajstić information content (AvgIpc) is 1.88. The second-order valence-corrected chi connectivity index (χ2v) is 3.09. The summed E-state index contributed by atoms with van der Waals surface area (Å²) in [5, 5.41) is 0. The zero-order valence-electron chi connectivity index (χ0n) is 6.59. The number of hydrogen-bond donors (Lipinski definition) is 0. The van der Waals surface area contributed by atoms with Crippen LogP contribution in [0.2, 0.25) is 0 Å². The Bertz CT molecular complexity index is 184. The maximum atomic E-state index is 4.28. The maximum absolute atomic E-state index is 4.28. The SMILES string of the molecule is CSN1CN=C(C)C=C1C. The Hall–Kier alpha value is -0.440. The molecule has 56 valence electrons. The highest BCUT2D eigenvalue weighted by atomic mass is 32.2. The highest BCUT2D eigenvalue weighted by Crippen LogP contribution is 2.16. The number of hydrogen-bond acceptors (Lipinski definition) is 3. The molecule has 0 saturated heterocycles. The van der Waals surface area contributed by atoms with Crippen molar-refractivity contribution in [2.24, 2.45) is 4.99 Å². The van der Waals surface area contributed by atoms with Gasteiger partial charge in [-0.2, -0.15) is 0 Å². The summed E-state index contributed by atoms with van der Waals surface area (Å²) in [6.07, 6.45) is 4.16. The predicted molar refractivity (Wildman–Crippen MR) is 47.1 cm³/mol. The van der Waals surface area contributed by atoms with Gasteiger partial charge < -0.3 is 0 Å². The minimum absolute atomic E-state index is 0.801. The minimum Gasteiger partial charge on any atom is -0.300 e. The highest BCUT2D eigenvalue weighted by Gasteiger charge is 2.06. The molecule has 0 saturated carbocycles. The van der Waals surface area contributed by atoms with Crippen LogP contribution in [0.3, 0.4) is 0 Å². The van der Waals surface area contributed by atoms with Gasteiger partial charge in [0.15, 0.2) is 0 Å². The summed E-state index contributed by atoms with van der Waals surface area (Å²) in [6, 6.07) is 0.